The van der Waals surface area contributed by atoms with Crippen LogP contribution in [0.25, 0.3) is 0 Å². The first-order valence-corrected chi connectivity index (χ1v) is 7.11. The van der Waals surface area contributed by atoms with Crippen molar-refractivity contribution in [3.05, 3.63) is 52.2 Å². The number of benzene rings is 1. The number of nitrogens with one attached hydrogen (secondary N) is 2. The second kappa shape index (κ2) is 7.10. The van der Waals surface area contributed by atoms with Crippen molar-refractivity contribution < 1.29 is 23.5 Å². The molecule has 0 aliphatic rings. The van der Waals surface area contributed by atoms with Crippen molar-refractivity contribution in [1.29, 1.82) is 0 Å². The molecule has 0 spiro atoms. The van der Waals surface area contributed by atoms with Crippen LogP contribution >= 0.6 is 11.3 Å². The molecule has 2 amide bonds. The standard InChI is InChI=1S/C14H12F2N2O3S/c15-9-4-3-8(6-10(9)16)18-14(21)13(20)17-7-11(19)12-2-1-5-22-12/h1-6,11,19H,7H2,(H,17,20)(H,18,21). The molecule has 0 fully saturated rings. The van der Waals surface area contributed by atoms with E-state index < -0.39 is 29.6 Å². The molecule has 0 aliphatic heterocycles. The summed E-state index contributed by atoms with van der Waals surface area (Å²) in [5.41, 5.74) is -0.0437. The Labute approximate surface area is 128 Å². The van der Waals surface area contributed by atoms with E-state index in [0.29, 0.717) is 4.88 Å². The Morgan fingerprint density at radius 2 is 1.95 bits per heavy atom. The monoisotopic (exact) mass is 326 g/mol. The molecule has 0 saturated heterocycles. The van der Waals surface area contributed by atoms with Crippen molar-refractivity contribution in [1.82, 2.24) is 5.32 Å². The summed E-state index contributed by atoms with van der Waals surface area (Å²) in [5.74, 6) is -4.21. The van der Waals surface area contributed by atoms with E-state index in [9.17, 15) is 23.5 Å². The van der Waals surface area contributed by atoms with Gasteiger partial charge in [0.05, 0.1) is 0 Å². The van der Waals surface area contributed by atoms with Gasteiger partial charge in [-0.2, -0.15) is 0 Å². The molecule has 1 atom stereocenters. The van der Waals surface area contributed by atoms with Crippen LogP contribution in [0.2, 0.25) is 0 Å². The van der Waals surface area contributed by atoms with Gasteiger partial charge in [-0.3, -0.25) is 9.59 Å². The van der Waals surface area contributed by atoms with Crippen molar-refractivity contribution in [2.75, 3.05) is 11.9 Å². The molecule has 116 valence electrons. The Morgan fingerprint density at radius 3 is 2.59 bits per heavy atom. The minimum Gasteiger partial charge on any atom is -0.386 e. The van der Waals surface area contributed by atoms with Crippen molar-refractivity contribution in [3.63, 3.8) is 0 Å². The topological polar surface area (TPSA) is 78.4 Å². The predicted octanol–water partition coefficient (Wildman–Crippen LogP) is 1.81. The van der Waals surface area contributed by atoms with E-state index in [4.69, 9.17) is 0 Å². The van der Waals surface area contributed by atoms with Gasteiger partial charge in [-0.15, -0.1) is 11.3 Å². The molecular weight excluding hydrogens is 314 g/mol. The second-order valence-corrected chi connectivity index (χ2v) is 5.30. The lowest BCUT2D eigenvalue weighted by Gasteiger charge is -2.10. The van der Waals surface area contributed by atoms with E-state index in [1.807, 2.05) is 0 Å². The lowest BCUT2D eigenvalue weighted by atomic mass is 10.3. The maximum absolute atomic E-state index is 13.0. The zero-order valence-corrected chi connectivity index (χ0v) is 12.0. The lowest BCUT2D eigenvalue weighted by Crippen LogP contribution is -2.37. The van der Waals surface area contributed by atoms with E-state index in [1.54, 1.807) is 17.5 Å². The molecule has 3 N–H and O–H groups in total. The van der Waals surface area contributed by atoms with Gasteiger partial charge >= 0.3 is 11.8 Å². The smallest absolute Gasteiger partial charge is 0.313 e. The summed E-state index contributed by atoms with van der Waals surface area (Å²) in [6, 6.07) is 6.18. The number of carbonyl (C=O) groups excluding carboxylic acids is 2. The van der Waals surface area contributed by atoms with Crippen molar-refractivity contribution >= 4 is 28.8 Å². The summed E-state index contributed by atoms with van der Waals surface area (Å²) in [5, 5.41) is 15.9. The first kappa shape index (κ1) is 16.1. The molecule has 22 heavy (non-hydrogen) atoms. The normalized spacial score (nSPS) is 11.8. The Morgan fingerprint density at radius 1 is 1.18 bits per heavy atom. The number of aliphatic hydroxyl groups excluding tert-OH is 1. The van der Waals surface area contributed by atoms with Gasteiger partial charge in [0.1, 0.15) is 6.10 Å². The molecule has 1 unspecified atom stereocenters. The van der Waals surface area contributed by atoms with Crippen LogP contribution < -0.4 is 10.6 Å². The van der Waals surface area contributed by atoms with Crippen molar-refractivity contribution in [2.24, 2.45) is 0 Å². The highest BCUT2D eigenvalue weighted by Crippen LogP contribution is 2.17. The minimum atomic E-state index is -1.13. The van der Waals surface area contributed by atoms with Crippen LogP contribution in [0, 0.1) is 11.6 Å². The van der Waals surface area contributed by atoms with Gasteiger partial charge in [0.2, 0.25) is 0 Å². The average Bonchev–Trinajstić information content (AvgIpc) is 3.02. The predicted molar refractivity (Wildman–Crippen MR) is 77.3 cm³/mol. The summed E-state index contributed by atoms with van der Waals surface area (Å²) in [6.45, 7) is -0.134. The van der Waals surface area contributed by atoms with Gasteiger partial charge in [-0.25, -0.2) is 8.78 Å². The molecule has 1 aromatic heterocycles. The van der Waals surface area contributed by atoms with E-state index in [1.165, 1.54) is 11.3 Å². The fourth-order valence-electron chi connectivity index (χ4n) is 1.61. The fraction of sp³-hybridized carbons (Fsp3) is 0.143. The first-order valence-electron chi connectivity index (χ1n) is 6.23. The number of hydrogen-bond acceptors (Lipinski definition) is 4. The molecule has 2 rings (SSSR count). The second-order valence-electron chi connectivity index (χ2n) is 4.32. The average molecular weight is 326 g/mol. The number of carbonyl (C=O) groups is 2. The quantitative estimate of drug-likeness (QED) is 0.750. The number of aliphatic hydroxyl groups is 1. The van der Waals surface area contributed by atoms with Gasteiger partial charge in [-0.05, 0) is 23.6 Å². The van der Waals surface area contributed by atoms with Gasteiger partial charge in [-0.1, -0.05) is 6.07 Å². The third-order valence-electron chi connectivity index (χ3n) is 2.71. The van der Waals surface area contributed by atoms with Gasteiger partial charge in [0, 0.05) is 23.2 Å². The summed E-state index contributed by atoms with van der Waals surface area (Å²) >= 11 is 1.32. The van der Waals surface area contributed by atoms with Crippen LogP contribution in [0.3, 0.4) is 0 Å². The Hall–Kier alpha value is -2.32. The zero-order chi connectivity index (χ0) is 16.1. The largest absolute Gasteiger partial charge is 0.386 e. The number of thiophene rings is 1. The maximum Gasteiger partial charge on any atom is 0.313 e. The Bertz CT molecular complexity index is 677. The third kappa shape index (κ3) is 4.09. The highest BCUT2D eigenvalue weighted by molar-refractivity contribution is 7.10. The fourth-order valence-corrected chi connectivity index (χ4v) is 2.32. The molecule has 0 bridgehead atoms. The summed E-state index contributed by atoms with van der Waals surface area (Å²) in [7, 11) is 0. The van der Waals surface area contributed by atoms with Gasteiger partial charge < -0.3 is 15.7 Å². The molecule has 0 aliphatic carbocycles. The number of halogens is 2. The summed E-state index contributed by atoms with van der Waals surface area (Å²) < 4.78 is 25.7. The molecule has 1 aromatic carbocycles. The highest BCUT2D eigenvalue weighted by Gasteiger charge is 2.17. The Balaban J connectivity index is 1.86. The van der Waals surface area contributed by atoms with E-state index in [-0.39, 0.29) is 12.2 Å². The van der Waals surface area contributed by atoms with Crippen molar-refractivity contribution in [2.45, 2.75) is 6.10 Å². The highest BCUT2D eigenvalue weighted by atomic mass is 32.1. The minimum absolute atomic E-state index is 0.0437. The zero-order valence-electron chi connectivity index (χ0n) is 11.2. The third-order valence-corrected chi connectivity index (χ3v) is 3.68. The molecule has 1 heterocycles. The number of rotatable bonds is 4. The van der Waals surface area contributed by atoms with Crippen LogP contribution in [-0.2, 0) is 9.59 Å². The summed E-state index contributed by atoms with van der Waals surface area (Å²) in [4.78, 5) is 23.8. The molecule has 0 saturated carbocycles. The molecular formula is C14H12F2N2O3S. The van der Waals surface area contributed by atoms with Crippen LogP contribution in [-0.4, -0.2) is 23.5 Å². The summed E-state index contributed by atoms with van der Waals surface area (Å²) in [6.07, 6.45) is -0.917. The van der Waals surface area contributed by atoms with Crippen molar-refractivity contribution in [3.8, 4) is 0 Å². The van der Waals surface area contributed by atoms with Crippen LogP contribution in [0.5, 0.6) is 0 Å². The number of amides is 2. The van der Waals surface area contributed by atoms with E-state index in [0.717, 1.165) is 18.2 Å². The first-order chi connectivity index (χ1) is 10.5. The number of anilines is 1. The molecule has 5 nitrogen and oxygen atoms in total. The lowest BCUT2D eigenvalue weighted by molar-refractivity contribution is -0.136. The molecule has 2 aromatic rings. The van der Waals surface area contributed by atoms with E-state index >= 15 is 0 Å². The van der Waals surface area contributed by atoms with Gasteiger partial charge in [0.15, 0.2) is 11.6 Å². The Kier molecular flexibility index (Phi) is 5.18. The molecule has 0 radical (unpaired) electrons. The SMILES string of the molecule is O=C(NCC(O)c1cccs1)C(=O)Nc1ccc(F)c(F)c1. The maximum atomic E-state index is 13.0. The van der Waals surface area contributed by atoms with Crippen LogP contribution in [0.4, 0.5) is 14.5 Å². The van der Waals surface area contributed by atoms with E-state index in [2.05, 4.69) is 10.6 Å². The van der Waals surface area contributed by atoms with Crippen LogP contribution in [0.15, 0.2) is 35.7 Å². The van der Waals surface area contributed by atoms with Crippen LogP contribution in [0.1, 0.15) is 11.0 Å². The van der Waals surface area contributed by atoms with Gasteiger partial charge in [0.25, 0.3) is 0 Å². The molecule has 8 heteroatoms. The number of hydrogen-bond donors (Lipinski definition) is 3.